The van der Waals surface area contributed by atoms with Crippen LogP contribution < -0.4 is 0 Å². The summed E-state index contributed by atoms with van der Waals surface area (Å²) in [5.74, 6) is 0. The summed E-state index contributed by atoms with van der Waals surface area (Å²) < 4.78 is 0. The van der Waals surface area contributed by atoms with Gasteiger partial charge in [0.2, 0.25) is 0 Å². The lowest BCUT2D eigenvalue weighted by atomic mass is 10.0. The third kappa shape index (κ3) is 22.0. The van der Waals surface area contributed by atoms with Crippen molar-refractivity contribution in [1.82, 2.24) is 0 Å². The standard InChI is InChI=1S/C24H50/c1-3-5-7-9-11-13-15-17-19-21-23-24-22-20-18-16-14-12-10-8-6-4-2/h3-24H2,1-2H3. The summed E-state index contributed by atoms with van der Waals surface area (Å²) in [6.07, 6.45) is 32.4. The Morgan fingerprint density at radius 2 is 0.333 bits per heavy atom. The Kier molecular flexibility index (Phi) is 23.0. The third-order valence-corrected chi connectivity index (χ3v) is 5.46. The quantitative estimate of drug-likeness (QED) is 0.183. The molecule has 0 heterocycles. The minimum absolute atomic E-state index is 1.37. The van der Waals surface area contributed by atoms with Gasteiger partial charge in [-0.3, -0.25) is 0 Å². The van der Waals surface area contributed by atoms with E-state index in [1.54, 1.807) is 0 Å². The van der Waals surface area contributed by atoms with Crippen LogP contribution in [-0.2, 0) is 0 Å². The van der Waals surface area contributed by atoms with E-state index in [4.69, 9.17) is 0 Å². The Labute approximate surface area is 155 Å². The van der Waals surface area contributed by atoms with Crippen LogP contribution in [0.3, 0.4) is 0 Å². The fourth-order valence-corrected chi connectivity index (χ4v) is 3.68. The van der Waals surface area contributed by atoms with Gasteiger partial charge in [-0.05, 0) is 0 Å². The molecule has 24 heavy (non-hydrogen) atoms. The van der Waals surface area contributed by atoms with Gasteiger partial charge in [0.15, 0.2) is 0 Å². The van der Waals surface area contributed by atoms with Gasteiger partial charge in [0, 0.05) is 0 Å². The first-order valence-electron chi connectivity index (χ1n) is 11.9. The third-order valence-electron chi connectivity index (χ3n) is 5.46. The van der Waals surface area contributed by atoms with Crippen molar-refractivity contribution >= 4 is 0 Å². The fourth-order valence-electron chi connectivity index (χ4n) is 3.68. The van der Waals surface area contributed by atoms with Crippen LogP contribution >= 0.6 is 0 Å². The van der Waals surface area contributed by atoms with Crippen molar-refractivity contribution in [2.24, 2.45) is 0 Å². The summed E-state index contributed by atoms with van der Waals surface area (Å²) in [5, 5.41) is 0. The smallest absolute Gasteiger partial charge is 0.0533 e. The lowest BCUT2D eigenvalue weighted by Gasteiger charge is -2.04. The second-order valence-electron chi connectivity index (χ2n) is 8.07. The average Bonchev–Trinajstić information content (AvgIpc) is 2.60. The molecule has 0 aromatic carbocycles. The van der Waals surface area contributed by atoms with E-state index in [0.717, 1.165) is 0 Å². The molecule has 0 heteroatoms. The van der Waals surface area contributed by atoms with E-state index in [-0.39, 0.29) is 0 Å². The van der Waals surface area contributed by atoms with Gasteiger partial charge in [0.1, 0.15) is 0 Å². The van der Waals surface area contributed by atoms with E-state index >= 15 is 0 Å². The van der Waals surface area contributed by atoms with E-state index in [1.165, 1.54) is 141 Å². The topological polar surface area (TPSA) is 0 Å². The van der Waals surface area contributed by atoms with Crippen LogP contribution in [0.25, 0.3) is 0 Å². The lowest BCUT2D eigenvalue weighted by molar-refractivity contribution is 0.520. The van der Waals surface area contributed by atoms with Gasteiger partial charge in [-0.15, -0.1) is 0 Å². The largest absolute Gasteiger partial charge is 0.0654 e. The highest BCUT2D eigenvalue weighted by Gasteiger charge is 1.95. The highest BCUT2D eigenvalue weighted by molar-refractivity contribution is 4.50. The first-order chi connectivity index (χ1) is 11.9. The molecule has 0 aromatic rings. The van der Waals surface area contributed by atoms with Crippen LogP contribution in [0, 0.1) is 0 Å². The predicted molar refractivity (Wildman–Crippen MR) is 113 cm³/mol. The van der Waals surface area contributed by atoms with E-state index in [9.17, 15) is 0 Å². The summed E-state index contributed by atoms with van der Waals surface area (Å²) in [6.45, 7) is 4.60. The summed E-state index contributed by atoms with van der Waals surface area (Å²) in [4.78, 5) is 0. The van der Waals surface area contributed by atoms with Crippen molar-refractivity contribution in [3.63, 3.8) is 0 Å². The first kappa shape index (κ1) is 24.0. The summed E-state index contributed by atoms with van der Waals surface area (Å²) in [7, 11) is 0. The minimum atomic E-state index is 1.37. The van der Waals surface area contributed by atoms with E-state index in [1.807, 2.05) is 0 Å². The molecule has 0 saturated carbocycles. The maximum atomic E-state index is 2.30. The summed E-state index contributed by atoms with van der Waals surface area (Å²) in [6, 6.07) is 0. The van der Waals surface area contributed by atoms with Crippen molar-refractivity contribution in [2.75, 3.05) is 0 Å². The average molecular weight is 339 g/mol. The van der Waals surface area contributed by atoms with Gasteiger partial charge in [0.25, 0.3) is 0 Å². The van der Waals surface area contributed by atoms with E-state index < -0.39 is 0 Å². The molecular weight excluding hydrogens is 288 g/mol. The zero-order valence-electron chi connectivity index (χ0n) is 17.6. The van der Waals surface area contributed by atoms with Gasteiger partial charge in [-0.25, -0.2) is 0 Å². The second-order valence-corrected chi connectivity index (χ2v) is 8.07. The maximum absolute atomic E-state index is 2.30. The molecule has 0 amide bonds. The molecule has 0 aliphatic heterocycles. The molecule has 0 spiro atoms. The van der Waals surface area contributed by atoms with Gasteiger partial charge >= 0.3 is 0 Å². The first-order valence-corrected chi connectivity index (χ1v) is 11.9. The molecule has 0 aromatic heterocycles. The molecule has 0 radical (unpaired) electrons. The molecule has 0 N–H and O–H groups in total. The fraction of sp³-hybridized carbons (Fsp3) is 1.00. The Balaban J connectivity index is 2.93. The van der Waals surface area contributed by atoms with Crippen LogP contribution in [0.4, 0.5) is 0 Å². The molecular formula is C24H50. The highest BCUT2D eigenvalue weighted by atomic mass is 14.0. The molecule has 0 unspecified atom stereocenters. The Morgan fingerprint density at radius 1 is 0.208 bits per heavy atom. The van der Waals surface area contributed by atoms with Crippen molar-refractivity contribution in [3.05, 3.63) is 0 Å². The molecule has 0 aliphatic rings. The highest BCUT2D eigenvalue weighted by Crippen LogP contribution is 2.15. The van der Waals surface area contributed by atoms with Crippen molar-refractivity contribution in [1.29, 1.82) is 0 Å². The molecule has 0 bridgehead atoms. The molecule has 146 valence electrons. The number of hydrogen-bond acceptors (Lipinski definition) is 0. The van der Waals surface area contributed by atoms with Gasteiger partial charge in [0.05, 0.1) is 0 Å². The van der Waals surface area contributed by atoms with Crippen molar-refractivity contribution in [3.8, 4) is 0 Å². The molecule has 0 aliphatic carbocycles. The van der Waals surface area contributed by atoms with Crippen LogP contribution in [0.1, 0.15) is 155 Å². The van der Waals surface area contributed by atoms with E-state index in [2.05, 4.69) is 13.8 Å². The Morgan fingerprint density at radius 3 is 0.458 bits per heavy atom. The summed E-state index contributed by atoms with van der Waals surface area (Å²) >= 11 is 0. The monoisotopic (exact) mass is 338 g/mol. The lowest BCUT2D eigenvalue weighted by Crippen LogP contribution is -1.84. The number of hydrogen-bond donors (Lipinski definition) is 0. The number of rotatable bonds is 21. The molecule has 0 fully saturated rings. The minimum Gasteiger partial charge on any atom is -0.0654 e. The Bertz CT molecular complexity index is 174. The van der Waals surface area contributed by atoms with Gasteiger partial charge < -0.3 is 0 Å². The zero-order chi connectivity index (χ0) is 17.6. The maximum Gasteiger partial charge on any atom is -0.0533 e. The normalized spacial score (nSPS) is 11.2. The Hall–Kier alpha value is 0. The van der Waals surface area contributed by atoms with Crippen LogP contribution in [0.5, 0.6) is 0 Å². The second kappa shape index (κ2) is 23.0. The molecule has 0 nitrogen and oxygen atoms in total. The van der Waals surface area contributed by atoms with Crippen LogP contribution in [0.15, 0.2) is 0 Å². The summed E-state index contributed by atoms with van der Waals surface area (Å²) in [5.41, 5.74) is 0. The van der Waals surface area contributed by atoms with Crippen LogP contribution in [0.2, 0.25) is 0 Å². The SMILES string of the molecule is CCCCCCCCCCCCCCCCCCCCCCCC. The van der Waals surface area contributed by atoms with Crippen LogP contribution in [-0.4, -0.2) is 0 Å². The molecule has 0 saturated heterocycles. The zero-order valence-corrected chi connectivity index (χ0v) is 17.6. The molecule has 0 atom stereocenters. The van der Waals surface area contributed by atoms with Gasteiger partial charge in [-0.1, -0.05) is 155 Å². The van der Waals surface area contributed by atoms with Gasteiger partial charge in [-0.2, -0.15) is 0 Å². The predicted octanol–water partition coefficient (Wildman–Crippen LogP) is 9.61. The van der Waals surface area contributed by atoms with E-state index in [0.29, 0.717) is 0 Å². The van der Waals surface area contributed by atoms with Crippen molar-refractivity contribution in [2.45, 2.75) is 155 Å². The molecule has 0 rings (SSSR count). The van der Waals surface area contributed by atoms with Crippen molar-refractivity contribution < 1.29 is 0 Å². The number of unbranched alkanes of at least 4 members (excludes halogenated alkanes) is 21.